The van der Waals surface area contributed by atoms with E-state index in [4.69, 9.17) is 11.6 Å². The molecule has 142 valence electrons. The van der Waals surface area contributed by atoms with E-state index in [1.54, 1.807) is 36.5 Å². The largest absolute Gasteiger partial charge is 0.465 e. The lowest BCUT2D eigenvalue weighted by atomic mass is 10.0. The molecule has 0 unspecified atom stereocenters. The summed E-state index contributed by atoms with van der Waals surface area (Å²) >= 11 is 6.10. The Morgan fingerprint density at radius 3 is 2.54 bits per heavy atom. The Labute approximate surface area is 168 Å². The molecule has 0 aliphatic heterocycles. The normalized spacial score (nSPS) is 10.4. The minimum absolute atomic E-state index is 0.00728. The summed E-state index contributed by atoms with van der Waals surface area (Å²) in [7, 11) is 1.34. The second kappa shape index (κ2) is 9.15. The van der Waals surface area contributed by atoms with Crippen LogP contribution in [-0.2, 0) is 11.2 Å². The average molecular weight is 395 g/mol. The maximum Gasteiger partial charge on any atom is 0.337 e. The Hall–Kier alpha value is -3.18. The van der Waals surface area contributed by atoms with Gasteiger partial charge in [0.25, 0.3) is 0 Å². The number of nitrogens with zero attached hydrogens (tertiary/aromatic N) is 1. The molecule has 0 saturated carbocycles. The molecule has 0 aliphatic rings. The molecular weight excluding hydrogens is 376 g/mol. The zero-order valence-electron chi connectivity index (χ0n) is 15.3. The molecule has 2 aromatic carbocycles. The monoisotopic (exact) mass is 394 g/mol. The van der Waals surface area contributed by atoms with Crippen LogP contribution in [0, 0.1) is 0 Å². The molecule has 3 rings (SSSR count). The van der Waals surface area contributed by atoms with Crippen molar-refractivity contribution in [2.45, 2.75) is 12.8 Å². The van der Waals surface area contributed by atoms with Crippen molar-refractivity contribution in [1.82, 2.24) is 4.98 Å². The number of pyridine rings is 1. The van der Waals surface area contributed by atoms with E-state index in [1.807, 2.05) is 30.3 Å². The third-order valence-corrected chi connectivity index (χ3v) is 4.46. The molecule has 1 heterocycles. The van der Waals surface area contributed by atoms with Gasteiger partial charge in [0.2, 0.25) is 0 Å². The first-order chi connectivity index (χ1) is 13.6. The fraction of sp³-hybridized carbons (Fsp3) is 0.136. The standard InChI is InChI=1S/C22H19ClN2O3/c1-28-22(27)16-8-5-15(6-9-16)7-12-20(26)18-11-10-17(23)14-19(18)25-21-4-2-3-13-24-21/h2-6,8-11,13-14H,7,12H2,1H3,(H,24,25). The molecule has 0 radical (unpaired) electrons. The number of hydrogen-bond acceptors (Lipinski definition) is 5. The van der Waals surface area contributed by atoms with Crippen molar-refractivity contribution in [2.24, 2.45) is 0 Å². The summed E-state index contributed by atoms with van der Waals surface area (Å²) in [6.07, 6.45) is 2.56. The lowest BCUT2D eigenvalue weighted by Gasteiger charge is -2.11. The number of rotatable bonds is 7. The number of nitrogens with one attached hydrogen (secondary N) is 1. The number of carbonyl (C=O) groups excluding carboxylic acids is 2. The van der Waals surface area contributed by atoms with Gasteiger partial charge in [-0.2, -0.15) is 0 Å². The van der Waals surface area contributed by atoms with Gasteiger partial charge in [-0.15, -0.1) is 0 Å². The molecule has 0 aliphatic carbocycles. The number of carbonyl (C=O) groups is 2. The van der Waals surface area contributed by atoms with Crippen LogP contribution in [0.5, 0.6) is 0 Å². The predicted molar refractivity (Wildman–Crippen MR) is 109 cm³/mol. The van der Waals surface area contributed by atoms with Crippen molar-refractivity contribution in [3.8, 4) is 0 Å². The molecule has 0 atom stereocenters. The van der Waals surface area contributed by atoms with Gasteiger partial charge in [-0.1, -0.05) is 29.8 Å². The Morgan fingerprint density at radius 2 is 1.86 bits per heavy atom. The fourth-order valence-electron chi connectivity index (χ4n) is 2.76. The number of halogens is 1. The van der Waals surface area contributed by atoms with Crippen LogP contribution < -0.4 is 5.32 Å². The molecule has 0 fully saturated rings. The third-order valence-electron chi connectivity index (χ3n) is 4.23. The molecular formula is C22H19ClN2O3. The van der Waals surface area contributed by atoms with Crippen molar-refractivity contribution < 1.29 is 14.3 Å². The Bertz CT molecular complexity index is 973. The quantitative estimate of drug-likeness (QED) is 0.447. The summed E-state index contributed by atoms with van der Waals surface area (Å²) in [5.74, 6) is 0.249. The molecule has 1 N–H and O–H groups in total. The van der Waals surface area contributed by atoms with Crippen molar-refractivity contribution >= 4 is 34.9 Å². The topological polar surface area (TPSA) is 68.3 Å². The van der Waals surface area contributed by atoms with Gasteiger partial charge in [-0.3, -0.25) is 4.79 Å². The zero-order chi connectivity index (χ0) is 19.9. The number of benzene rings is 2. The summed E-state index contributed by atoms with van der Waals surface area (Å²) in [6.45, 7) is 0. The van der Waals surface area contributed by atoms with Crippen molar-refractivity contribution in [3.63, 3.8) is 0 Å². The minimum Gasteiger partial charge on any atom is -0.465 e. The molecule has 28 heavy (non-hydrogen) atoms. The van der Waals surface area contributed by atoms with Crippen LogP contribution in [0.4, 0.5) is 11.5 Å². The predicted octanol–water partition coefficient (Wildman–Crippen LogP) is 5.08. The van der Waals surface area contributed by atoms with Gasteiger partial charge in [0.05, 0.1) is 18.4 Å². The molecule has 1 aromatic heterocycles. The summed E-state index contributed by atoms with van der Waals surface area (Å²) in [5, 5.41) is 3.69. The van der Waals surface area contributed by atoms with Crippen molar-refractivity contribution in [3.05, 3.63) is 88.6 Å². The van der Waals surface area contributed by atoms with Crippen LogP contribution in [0.25, 0.3) is 0 Å². The average Bonchev–Trinajstić information content (AvgIpc) is 2.72. The Kier molecular flexibility index (Phi) is 6.40. The number of methoxy groups -OCH3 is 1. The molecule has 6 heteroatoms. The highest BCUT2D eigenvalue weighted by atomic mass is 35.5. The number of ether oxygens (including phenoxy) is 1. The number of hydrogen-bond donors (Lipinski definition) is 1. The lowest BCUT2D eigenvalue weighted by molar-refractivity contribution is 0.0600. The molecule has 0 saturated heterocycles. The first-order valence-corrected chi connectivity index (χ1v) is 9.12. The van der Waals surface area contributed by atoms with E-state index in [0.717, 1.165) is 5.56 Å². The van der Waals surface area contributed by atoms with E-state index in [0.29, 0.717) is 40.5 Å². The smallest absolute Gasteiger partial charge is 0.337 e. The summed E-state index contributed by atoms with van der Waals surface area (Å²) < 4.78 is 4.69. The highest BCUT2D eigenvalue weighted by molar-refractivity contribution is 6.31. The maximum absolute atomic E-state index is 12.8. The van der Waals surface area contributed by atoms with Gasteiger partial charge in [-0.25, -0.2) is 9.78 Å². The Balaban J connectivity index is 1.71. The Morgan fingerprint density at radius 1 is 1.07 bits per heavy atom. The van der Waals surface area contributed by atoms with Gasteiger partial charge in [0, 0.05) is 23.2 Å². The summed E-state index contributed by atoms with van der Waals surface area (Å²) in [4.78, 5) is 28.5. The van der Waals surface area contributed by atoms with E-state index in [9.17, 15) is 9.59 Å². The number of anilines is 2. The second-order valence-electron chi connectivity index (χ2n) is 6.14. The van der Waals surface area contributed by atoms with Crippen LogP contribution in [0.2, 0.25) is 5.02 Å². The fourth-order valence-corrected chi connectivity index (χ4v) is 2.93. The van der Waals surface area contributed by atoms with Gasteiger partial charge in [-0.05, 0) is 54.4 Å². The number of esters is 1. The molecule has 5 nitrogen and oxygen atoms in total. The SMILES string of the molecule is COC(=O)c1ccc(CCC(=O)c2ccc(Cl)cc2Nc2ccccn2)cc1. The van der Waals surface area contributed by atoms with Gasteiger partial charge in [0.1, 0.15) is 5.82 Å². The van der Waals surface area contributed by atoms with Gasteiger partial charge >= 0.3 is 5.97 Å². The minimum atomic E-state index is -0.381. The van der Waals surface area contributed by atoms with E-state index >= 15 is 0 Å². The first kappa shape index (κ1) is 19.6. The highest BCUT2D eigenvalue weighted by Gasteiger charge is 2.13. The molecule has 3 aromatic rings. The maximum atomic E-state index is 12.8. The van der Waals surface area contributed by atoms with Crippen LogP contribution in [-0.4, -0.2) is 23.8 Å². The second-order valence-corrected chi connectivity index (χ2v) is 6.58. The van der Waals surface area contributed by atoms with Crippen molar-refractivity contribution in [2.75, 3.05) is 12.4 Å². The zero-order valence-corrected chi connectivity index (χ0v) is 16.1. The highest BCUT2D eigenvalue weighted by Crippen LogP contribution is 2.25. The van der Waals surface area contributed by atoms with Crippen LogP contribution >= 0.6 is 11.6 Å². The van der Waals surface area contributed by atoms with Gasteiger partial charge < -0.3 is 10.1 Å². The number of Topliss-reactive ketones (excluding diaryl/α,β-unsaturated/α-hetero) is 1. The van der Waals surface area contributed by atoms with E-state index in [1.165, 1.54) is 7.11 Å². The van der Waals surface area contributed by atoms with Gasteiger partial charge in [0.15, 0.2) is 5.78 Å². The molecule has 0 spiro atoms. The van der Waals surface area contributed by atoms with Crippen LogP contribution in [0.1, 0.15) is 32.7 Å². The van der Waals surface area contributed by atoms with E-state index in [-0.39, 0.29) is 11.8 Å². The van der Waals surface area contributed by atoms with Crippen LogP contribution in [0.15, 0.2) is 66.9 Å². The summed E-state index contributed by atoms with van der Waals surface area (Å²) in [5.41, 5.74) is 2.63. The van der Waals surface area contributed by atoms with Crippen LogP contribution in [0.3, 0.4) is 0 Å². The van der Waals surface area contributed by atoms with E-state index < -0.39 is 0 Å². The summed E-state index contributed by atoms with van der Waals surface area (Å²) in [6, 6.07) is 17.7. The van der Waals surface area contributed by atoms with Crippen molar-refractivity contribution in [1.29, 1.82) is 0 Å². The number of ketones is 1. The molecule has 0 bridgehead atoms. The van der Waals surface area contributed by atoms with E-state index in [2.05, 4.69) is 15.0 Å². The first-order valence-electron chi connectivity index (χ1n) is 8.75. The lowest BCUT2D eigenvalue weighted by Crippen LogP contribution is -2.06. The number of aryl methyl sites for hydroxylation is 1. The molecule has 0 amide bonds. The number of aromatic nitrogens is 1. The third kappa shape index (κ3) is 4.96.